The van der Waals surface area contributed by atoms with Crippen LogP contribution < -0.4 is 10.3 Å². The summed E-state index contributed by atoms with van der Waals surface area (Å²) in [7, 11) is 0. The number of hydrogen-bond acceptors (Lipinski definition) is 4. The van der Waals surface area contributed by atoms with Gasteiger partial charge in [-0.1, -0.05) is 54.6 Å². The van der Waals surface area contributed by atoms with E-state index < -0.39 is 11.5 Å². The first kappa shape index (κ1) is 16.7. The van der Waals surface area contributed by atoms with Crippen LogP contribution >= 0.6 is 0 Å². The molecule has 0 N–H and O–H groups in total. The first-order valence-corrected chi connectivity index (χ1v) is 8.50. The van der Waals surface area contributed by atoms with E-state index in [1.165, 1.54) is 4.40 Å². The summed E-state index contributed by atoms with van der Waals surface area (Å²) in [5.41, 5.74) is 2.21. The maximum atomic E-state index is 13.2. The number of ether oxygens (including phenoxy) is 1. The first-order valence-electron chi connectivity index (χ1n) is 8.50. The first-order chi connectivity index (χ1) is 13.1. The molecule has 5 heteroatoms. The summed E-state index contributed by atoms with van der Waals surface area (Å²) in [6.07, 6.45) is 0. The van der Waals surface area contributed by atoms with Crippen molar-refractivity contribution in [3.8, 4) is 17.0 Å². The van der Waals surface area contributed by atoms with E-state index in [4.69, 9.17) is 4.74 Å². The fourth-order valence-electron chi connectivity index (χ4n) is 2.93. The molecular formula is C22H16N2O3. The maximum Gasteiger partial charge on any atom is 0.343 e. The molecule has 2 aromatic heterocycles. The summed E-state index contributed by atoms with van der Waals surface area (Å²) in [6, 6.07) is 23.2. The van der Waals surface area contributed by atoms with E-state index in [2.05, 4.69) is 4.98 Å². The van der Waals surface area contributed by atoms with Gasteiger partial charge in [-0.2, -0.15) is 0 Å². The molecule has 4 aromatic rings. The Balaban J connectivity index is 1.94. The molecule has 0 bridgehead atoms. The average molecular weight is 356 g/mol. The molecule has 0 radical (unpaired) electrons. The Bertz CT molecular complexity index is 1180. The number of benzene rings is 2. The molecule has 0 aliphatic carbocycles. The van der Waals surface area contributed by atoms with E-state index in [0.29, 0.717) is 28.2 Å². The zero-order valence-electron chi connectivity index (χ0n) is 14.6. The summed E-state index contributed by atoms with van der Waals surface area (Å²) in [5, 5.41) is 0. The monoisotopic (exact) mass is 356 g/mol. The van der Waals surface area contributed by atoms with Crippen molar-refractivity contribution in [3.63, 3.8) is 0 Å². The lowest BCUT2D eigenvalue weighted by Gasteiger charge is -2.12. The second-order valence-electron chi connectivity index (χ2n) is 6.08. The lowest BCUT2D eigenvalue weighted by molar-refractivity contribution is 0.0732. The summed E-state index contributed by atoms with van der Waals surface area (Å²) in [5.74, 6) is -0.679. The molecule has 2 aromatic carbocycles. The van der Waals surface area contributed by atoms with E-state index in [0.717, 1.165) is 0 Å². The topological polar surface area (TPSA) is 60.7 Å². The molecule has 0 spiro atoms. The van der Waals surface area contributed by atoms with Crippen LogP contribution in [-0.4, -0.2) is 15.4 Å². The van der Waals surface area contributed by atoms with Crippen LogP contribution in [0.5, 0.6) is 5.75 Å². The predicted molar refractivity (Wildman–Crippen MR) is 103 cm³/mol. The number of carbonyl (C=O) groups is 1. The van der Waals surface area contributed by atoms with Gasteiger partial charge < -0.3 is 4.74 Å². The molecule has 27 heavy (non-hydrogen) atoms. The van der Waals surface area contributed by atoms with E-state index in [1.807, 2.05) is 42.5 Å². The molecule has 132 valence electrons. The van der Waals surface area contributed by atoms with Crippen LogP contribution in [0.2, 0.25) is 0 Å². The minimum absolute atomic E-state index is 0.0816. The number of fused-ring (bicyclic) bond motifs is 1. The average Bonchev–Trinajstić information content (AvgIpc) is 2.71. The molecular weight excluding hydrogens is 340 g/mol. The minimum atomic E-state index is -0.597. The van der Waals surface area contributed by atoms with Gasteiger partial charge in [-0.25, -0.2) is 9.78 Å². The fourth-order valence-corrected chi connectivity index (χ4v) is 2.93. The zero-order chi connectivity index (χ0) is 18.8. The Labute approximate surface area is 155 Å². The normalized spacial score (nSPS) is 10.7. The summed E-state index contributed by atoms with van der Waals surface area (Å²) in [6.45, 7) is 1.81. The number of aryl methyl sites for hydroxylation is 1. The van der Waals surface area contributed by atoms with Crippen LogP contribution in [0.15, 0.2) is 83.7 Å². The van der Waals surface area contributed by atoms with Gasteiger partial charge in [0.25, 0.3) is 0 Å². The molecule has 0 amide bonds. The van der Waals surface area contributed by atoms with Crippen LogP contribution in [-0.2, 0) is 0 Å². The van der Waals surface area contributed by atoms with Gasteiger partial charge in [0, 0.05) is 11.3 Å². The van der Waals surface area contributed by atoms with E-state index in [1.54, 1.807) is 43.3 Å². The predicted octanol–water partition coefficient (Wildman–Crippen LogP) is 3.89. The van der Waals surface area contributed by atoms with E-state index in [-0.39, 0.29) is 5.75 Å². The van der Waals surface area contributed by atoms with Crippen molar-refractivity contribution < 1.29 is 9.53 Å². The highest BCUT2D eigenvalue weighted by Gasteiger charge is 2.20. The molecule has 4 rings (SSSR count). The molecule has 0 unspecified atom stereocenters. The largest absolute Gasteiger partial charge is 0.415 e. The van der Waals surface area contributed by atoms with Crippen molar-refractivity contribution in [3.05, 3.63) is 100 Å². The van der Waals surface area contributed by atoms with E-state index >= 15 is 0 Å². The van der Waals surface area contributed by atoms with E-state index in [9.17, 15) is 9.59 Å². The molecule has 5 nitrogen and oxygen atoms in total. The van der Waals surface area contributed by atoms with Gasteiger partial charge in [0.05, 0.1) is 5.56 Å². The highest BCUT2D eigenvalue weighted by molar-refractivity contribution is 5.91. The van der Waals surface area contributed by atoms with Gasteiger partial charge in [0.2, 0.25) is 5.75 Å². The lowest BCUT2D eigenvalue weighted by Crippen LogP contribution is -2.23. The van der Waals surface area contributed by atoms with Gasteiger partial charge >= 0.3 is 11.5 Å². The van der Waals surface area contributed by atoms with Crippen LogP contribution in [0.25, 0.3) is 16.9 Å². The van der Waals surface area contributed by atoms with Gasteiger partial charge in [-0.05, 0) is 31.2 Å². The van der Waals surface area contributed by atoms with Crippen LogP contribution in [0.4, 0.5) is 0 Å². The number of esters is 1. The minimum Gasteiger partial charge on any atom is -0.415 e. The fraction of sp³-hybridized carbons (Fsp3) is 0.0455. The number of nitrogens with zero attached hydrogens (tertiary/aromatic N) is 2. The third-order valence-electron chi connectivity index (χ3n) is 4.25. The molecule has 0 aliphatic rings. The second-order valence-corrected chi connectivity index (χ2v) is 6.08. The summed E-state index contributed by atoms with van der Waals surface area (Å²) < 4.78 is 6.99. The number of rotatable bonds is 3. The summed E-state index contributed by atoms with van der Waals surface area (Å²) >= 11 is 0. The van der Waals surface area contributed by atoms with Gasteiger partial charge in [-0.15, -0.1) is 0 Å². The highest BCUT2D eigenvalue weighted by atomic mass is 16.5. The lowest BCUT2D eigenvalue weighted by atomic mass is 10.1. The van der Waals surface area contributed by atoms with Crippen molar-refractivity contribution in [2.45, 2.75) is 6.92 Å². The third kappa shape index (κ3) is 3.11. The van der Waals surface area contributed by atoms with Crippen LogP contribution in [0, 0.1) is 6.92 Å². The highest BCUT2D eigenvalue weighted by Crippen LogP contribution is 2.26. The summed E-state index contributed by atoms with van der Waals surface area (Å²) in [4.78, 5) is 30.3. The van der Waals surface area contributed by atoms with Gasteiger partial charge in [-0.3, -0.25) is 9.20 Å². The van der Waals surface area contributed by atoms with Gasteiger partial charge in [0.1, 0.15) is 11.3 Å². The Morgan fingerprint density at radius 3 is 2.26 bits per heavy atom. The molecule has 0 atom stereocenters. The Morgan fingerprint density at radius 1 is 0.889 bits per heavy atom. The van der Waals surface area contributed by atoms with Gasteiger partial charge in [0.15, 0.2) is 0 Å². The van der Waals surface area contributed by atoms with Crippen molar-refractivity contribution in [2.24, 2.45) is 0 Å². The second kappa shape index (κ2) is 6.88. The number of carbonyl (C=O) groups excluding carboxylic acids is 1. The Hall–Kier alpha value is -3.73. The Kier molecular flexibility index (Phi) is 4.26. The number of hydrogen-bond donors (Lipinski definition) is 0. The molecule has 0 saturated carbocycles. The Morgan fingerprint density at radius 2 is 1.56 bits per heavy atom. The molecule has 0 saturated heterocycles. The van der Waals surface area contributed by atoms with Crippen LogP contribution in [0.1, 0.15) is 16.1 Å². The smallest absolute Gasteiger partial charge is 0.343 e. The maximum absolute atomic E-state index is 13.2. The van der Waals surface area contributed by atoms with Crippen molar-refractivity contribution >= 4 is 11.6 Å². The molecule has 0 aliphatic heterocycles. The number of aromatic nitrogens is 2. The van der Waals surface area contributed by atoms with Crippen molar-refractivity contribution in [1.29, 1.82) is 0 Å². The zero-order valence-corrected chi connectivity index (χ0v) is 14.6. The number of pyridine rings is 1. The standard InChI is InChI=1S/C22H16N2O3/c1-15-9-8-14-18-23-19(16-10-4-2-5-11-16)20(21(25)24(15)18)27-22(26)17-12-6-3-7-13-17/h2-14H,1H3. The van der Waals surface area contributed by atoms with Crippen LogP contribution in [0.3, 0.4) is 0 Å². The SMILES string of the molecule is Cc1cccc2nc(-c3ccccc3)c(OC(=O)c3ccccc3)c(=O)n12. The molecule has 0 fully saturated rings. The quantitative estimate of drug-likeness (QED) is 0.523. The van der Waals surface area contributed by atoms with Crippen molar-refractivity contribution in [2.75, 3.05) is 0 Å². The third-order valence-corrected chi connectivity index (χ3v) is 4.25. The van der Waals surface area contributed by atoms with Crippen molar-refractivity contribution in [1.82, 2.24) is 9.38 Å². The molecule has 2 heterocycles.